The maximum atomic E-state index is 11.9. The molecule has 1 amide bonds. The highest BCUT2D eigenvalue weighted by Gasteiger charge is 2.06. The Bertz CT molecular complexity index is 772. The molecule has 0 fully saturated rings. The number of hydrogen-bond donors (Lipinski definition) is 1. The molecule has 25 heavy (non-hydrogen) atoms. The fourth-order valence-electron chi connectivity index (χ4n) is 2.27. The number of rotatable bonds is 7. The third-order valence-corrected chi connectivity index (χ3v) is 3.55. The molecule has 6 heteroatoms. The van der Waals surface area contributed by atoms with Crippen molar-refractivity contribution in [3.63, 3.8) is 0 Å². The summed E-state index contributed by atoms with van der Waals surface area (Å²) in [5, 5.41) is 6.62. The van der Waals surface area contributed by atoms with E-state index >= 15 is 0 Å². The SMILES string of the molecule is COc1ccc(OC)c(/C=N\OCC(=O)Nc2ccc(C)cc2C)c1. The molecule has 0 aliphatic carbocycles. The first kappa shape index (κ1) is 18.3. The summed E-state index contributed by atoms with van der Waals surface area (Å²) in [6.07, 6.45) is 1.48. The Labute approximate surface area is 147 Å². The molecule has 2 rings (SSSR count). The normalized spacial score (nSPS) is 10.6. The number of benzene rings is 2. The van der Waals surface area contributed by atoms with E-state index in [1.165, 1.54) is 6.21 Å². The van der Waals surface area contributed by atoms with Crippen LogP contribution in [0.15, 0.2) is 41.6 Å². The Morgan fingerprint density at radius 2 is 1.92 bits per heavy atom. The molecule has 0 aliphatic rings. The smallest absolute Gasteiger partial charge is 0.265 e. The first-order valence-corrected chi connectivity index (χ1v) is 7.78. The van der Waals surface area contributed by atoms with Crippen LogP contribution in [0.4, 0.5) is 5.69 Å². The van der Waals surface area contributed by atoms with Crippen molar-refractivity contribution in [1.82, 2.24) is 0 Å². The summed E-state index contributed by atoms with van der Waals surface area (Å²) in [6.45, 7) is 3.76. The topological polar surface area (TPSA) is 69.1 Å². The van der Waals surface area contributed by atoms with Crippen LogP contribution in [-0.4, -0.2) is 32.9 Å². The number of methoxy groups -OCH3 is 2. The van der Waals surface area contributed by atoms with Crippen LogP contribution in [0.5, 0.6) is 11.5 Å². The van der Waals surface area contributed by atoms with Gasteiger partial charge in [-0.1, -0.05) is 22.9 Å². The summed E-state index contributed by atoms with van der Waals surface area (Å²) in [5.41, 5.74) is 3.59. The first-order chi connectivity index (χ1) is 12.0. The molecule has 6 nitrogen and oxygen atoms in total. The first-order valence-electron chi connectivity index (χ1n) is 7.78. The van der Waals surface area contributed by atoms with E-state index in [0.29, 0.717) is 17.1 Å². The number of ether oxygens (including phenoxy) is 2. The number of amides is 1. The van der Waals surface area contributed by atoms with Crippen LogP contribution in [0.3, 0.4) is 0 Å². The van der Waals surface area contributed by atoms with Crippen molar-refractivity contribution in [3.05, 3.63) is 53.1 Å². The second kappa shape index (κ2) is 8.73. The summed E-state index contributed by atoms with van der Waals surface area (Å²) in [4.78, 5) is 17.0. The molecule has 0 saturated heterocycles. The molecule has 2 aromatic carbocycles. The molecule has 1 N–H and O–H groups in total. The maximum Gasteiger partial charge on any atom is 0.265 e. The molecule has 0 radical (unpaired) electrons. The van der Waals surface area contributed by atoms with Gasteiger partial charge in [0, 0.05) is 11.3 Å². The number of carbonyl (C=O) groups excluding carboxylic acids is 1. The van der Waals surface area contributed by atoms with Crippen LogP contribution in [0.2, 0.25) is 0 Å². The highest BCUT2D eigenvalue weighted by molar-refractivity contribution is 5.92. The van der Waals surface area contributed by atoms with E-state index in [-0.39, 0.29) is 12.5 Å². The van der Waals surface area contributed by atoms with Crippen LogP contribution in [0.25, 0.3) is 0 Å². The molecule has 0 spiro atoms. The molecule has 132 valence electrons. The van der Waals surface area contributed by atoms with Crippen LogP contribution >= 0.6 is 0 Å². The van der Waals surface area contributed by atoms with Gasteiger partial charge in [0.05, 0.1) is 20.4 Å². The molecule has 0 unspecified atom stereocenters. The number of aryl methyl sites for hydroxylation is 2. The molecule has 2 aromatic rings. The van der Waals surface area contributed by atoms with Crippen molar-refractivity contribution in [1.29, 1.82) is 0 Å². The number of hydrogen-bond acceptors (Lipinski definition) is 5. The third-order valence-electron chi connectivity index (χ3n) is 3.55. The summed E-state index contributed by atoms with van der Waals surface area (Å²) in [5.74, 6) is 1.03. The summed E-state index contributed by atoms with van der Waals surface area (Å²) >= 11 is 0. The minimum atomic E-state index is -0.276. The van der Waals surface area contributed by atoms with Crippen molar-refractivity contribution in [3.8, 4) is 11.5 Å². The van der Waals surface area contributed by atoms with Gasteiger partial charge in [-0.25, -0.2) is 0 Å². The Kier molecular flexibility index (Phi) is 6.39. The van der Waals surface area contributed by atoms with E-state index in [0.717, 1.165) is 16.8 Å². The van der Waals surface area contributed by atoms with Gasteiger partial charge < -0.3 is 19.6 Å². The third kappa shape index (κ3) is 5.24. The molecule has 0 heterocycles. The van der Waals surface area contributed by atoms with Gasteiger partial charge in [0.1, 0.15) is 11.5 Å². The number of oxime groups is 1. The van der Waals surface area contributed by atoms with E-state index in [1.807, 2.05) is 32.0 Å². The van der Waals surface area contributed by atoms with Crippen LogP contribution in [0, 0.1) is 13.8 Å². The fraction of sp³-hybridized carbons (Fsp3) is 0.263. The van der Waals surface area contributed by atoms with Gasteiger partial charge in [-0.3, -0.25) is 4.79 Å². The van der Waals surface area contributed by atoms with Gasteiger partial charge in [-0.05, 0) is 43.7 Å². The molecule has 0 aromatic heterocycles. The zero-order valence-corrected chi connectivity index (χ0v) is 14.8. The zero-order valence-electron chi connectivity index (χ0n) is 14.8. The molecule has 0 aliphatic heterocycles. The van der Waals surface area contributed by atoms with Gasteiger partial charge >= 0.3 is 0 Å². The predicted molar refractivity (Wildman–Crippen MR) is 97.6 cm³/mol. The van der Waals surface area contributed by atoms with Gasteiger partial charge in [0.25, 0.3) is 5.91 Å². The van der Waals surface area contributed by atoms with Crippen LogP contribution < -0.4 is 14.8 Å². The van der Waals surface area contributed by atoms with Crippen LogP contribution in [-0.2, 0) is 9.63 Å². The zero-order chi connectivity index (χ0) is 18.2. The highest BCUT2D eigenvalue weighted by atomic mass is 16.6. The minimum Gasteiger partial charge on any atom is -0.497 e. The number of nitrogens with zero attached hydrogens (tertiary/aromatic N) is 1. The number of anilines is 1. The summed E-state index contributed by atoms with van der Waals surface area (Å²) in [7, 11) is 3.15. The van der Waals surface area contributed by atoms with Crippen molar-refractivity contribution >= 4 is 17.8 Å². The Balaban J connectivity index is 1.91. The maximum absolute atomic E-state index is 11.9. The van der Waals surface area contributed by atoms with Crippen molar-refractivity contribution in [2.45, 2.75) is 13.8 Å². The lowest BCUT2D eigenvalue weighted by atomic mass is 10.1. The summed E-state index contributed by atoms with van der Waals surface area (Å²) < 4.78 is 10.4. The molecular weight excluding hydrogens is 320 g/mol. The predicted octanol–water partition coefficient (Wildman–Crippen LogP) is 3.31. The molecule has 0 saturated carbocycles. The van der Waals surface area contributed by atoms with Crippen molar-refractivity contribution in [2.24, 2.45) is 5.16 Å². The Morgan fingerprint density at radius 1 is 1.12 bits per heavy atom. The van der Waals surface area contributed by atoms with E-state index < -0.39 is 0 Å². The lowest BCUT2D eigenvalue weighted by Gasteiger charge is -2.08. The molecule has 0 bridgehead atoms. The average Bonchev–Trinajstić information content (AvgIpc) is 2.61. The quantitative estimate of drug-likeness (QED) is 0.619. The lowest BCUT2D eigenvalue weighted by Crippen LogP contribution is -2.17. The number of nitrogens with one attached hydrogen (secondary N) is 1. The van der Waals surface area contributed by atoms with Gasteiger partial charge in [0.15, 0.2) is 6.61 Å². The van der Waals surface area contributed by atoms with Crippen molar-refractivity contribution in [2.75, 3.05) is 26.1 Å². The second-order valence-electron chi connectivity index (χ2n) is 5.48. The van der Waals surface area contributed by atoms with E-state index in [9.17, 15) is 4.79 Å². The Morgan fingerprint density at radius 3 is 2.60 bits per heavy atom. The monoisotopic (exact) mass is 342 g/mol. The largest absolute Gasteiger partial charge is 0.497 e. The standard InChI is InChI=1S/C19H22N2O4/c1-13-5-7-17(14(2)9-13)21-19(22)12-25-20-11-15-10-16(23-3)6-8-18(15)24-4/h5-11H,12H2,1-4H3,(H,21,22)/b20-11-. The molecule has 0 atom stereocenters. The van der Waals surface area contributed by atoms with Gasteiger partial charge in [-0.15, -0.1) is 0 Å². The van der Waals surface area contributed by atoms with E-state index in [2.05, 4.69) is 10.5 Å². The molecular formula is C19H22N2O4. The second-order valence-corrected chi connectivity index (χ2v) is 5.48. The average molecular weight is 342 g/mol. The van der Waals surface area contributed by atoms with Gasteiger partial charge in [0.2, 0.25) is 0 Å². The lowest BCUT2D eigenvalue weighted by molar-refractivity contribution is -0.120. The van der Waals surface area contributed by atoms with Gasteiger partial charge in [-0.2, -0.15) is 0 Å². The van der Waals surface area contributed by atoms with E-state index in [1.54, 1.807) is 32.4 Å². The minimum absolute atomic E-state index is 0.184. The number of carbonyl (C=O) groups is 1. The highest BCUT2D eigenvalue weighted by Crippen LogP contribution is 2.22. The fourth-order valence-corrected chi connectivity index (χ4v) is 2.27. The van der Waals surface area contributed by atoms with Crippen LogP contribution in [0.1, 0.15) is 16.7 Å². The van der Waals surface area contributed by atoms with E-state index in [4.69, 9.17) is 14.3 Å². The summed E-state index contributed by atoms with van der Waals surface area (Å²) in [6, 6.07) is 11.1. The Hall–Kier alpha value is -3.02. The van der Waals surface area contributed by atoms with Crippen molar-refractivity contribution < 1.29 is 19.1 Å².